The molecule has 0 heterocycles. The molecule has 0 aromatic carbocycles. The number of hydrogen-bond donors (Lipinski definition) is 0. The zero-order valence-electron chi connectivity index (χ0n) is 13.6. The monoisotopic (exact) mass is 254 g/mol. The van der Waals surface area contributed by atoms with E-state index in [4.69, 9.17) is 0 Å². The largest absolute Gasteiger partial charge is 0.0654 e. The molecule has 0 aliphatic heterocycles. The molecule has 0 nitrogen and oxygen atoms in total. The SMILES string of the molecule is CCCCCCCCC(CC)CCCC(C)CC. The van der Waals surface area contributed by atoms with Gasteiger partial charge < -0.3 is 0 Å². The summed E-state index contributed by atoms with van der Waals surface area (Å²) in [5.41, 5.74) is 0. The minimum atomic E-state index is 0.941. The first-order chi connectivity index (χ1) is 8.74. The van der Waals surface area contributed by atoms with Crippen LogP contribution in [0.1, 0.15) is 105 Å². The molecule has 0 amide bonds. The molecule has 0 bridgehead atoms. The molecular weight excluding hydrogens is 216 g/mol. The minimum Gasteiger partial charge on any atom is -0.0654 e. The number of hydrogen-bond acceptors (Lipinski definition) is 0. The Kier molecular flexibility index (Phi) is 13.4. The van der Waals surface area contributed by atoms with E-state index in [1.165, 1.54) is 77.0 Å². The molecule has 0 heteroatoms. The van der Waals surface area contributed by atoms with Crippen molar-refractivity contribution >= 4 is 0 Å². The Morgan fingerprint density at radius 1 is 0.611 bits per heavy atom. The van der Waals surface area contributed by atoms with Crippen molar-refractivity contribution in [2.75, 3.05) is 0 Å². The van der Waals surface area contributed by atoms with Crippen LogP contribution >= 0.6 is 0 Å². The molecule has 2 unspecified atom stereocenters. The summed E-state index contributed by atoms with van der Waals surface area (Å²) >= 11 is 0. The van der Waals surface area contributed by atoms with Crippen LogP contribution in [-0.4, -0.2) is 0 Å². The summed E-state index contributed by atoms with van der Waals surface area (Å²) < 4.78 is 0. The zero-order valence-corrected chi connectivity index (χ0v) is 13.6. The molecule has 0 aliphatic carbocycles. The summed E-state index contributed by atoms with van der Waals surface area (Å²) in [6.45, 7) is 9.39. The van der Waals surface area contributed by atoms with Crippen LogP contribution in [0.25, 0.3) is 0 Å². The smallest absolute Gasteiger partial charge is 0.0417 e. The third kappa shape index (κ3) is 11.1. The van der Waals surface area contributed by atoms with Crippen LogP contribution in [-0.2, 0) is 0 Å². The third-order valence-electron chi connectivity index (χ3n) is 4.55. The van der Waals surface area contributed by atoms with Crippen LogP contribution in [0.5, 0.6) is 0 Å². The highest BCUT2D eigenvalue weighted by atomic mass is 14.1. The van der Waals surface area contributed by atoms with Gasteiger partial charge in [-0.2, -0.15) is 0 Å². The van der Waals surface area contributed by atoms with Crippen LogP contribution < -0.4 is 0 Å². The lowest BCUT2D eigenvalue weighted by Crippen LogP contribution is -2.01. The average Bonchev–Trinajstić information content (AvgIpc) is 2.40. The molecule has 2 atom stereocenters. The van der Waals surface area contributed by atoms with E-state index in [2.05, 4.69) is 27.7 Å². The lowest BCUT2D eigenvalue weighted by molar-refractivity contribution is 0.375. The van der Waals surface area contributed by atoms with E-state index in [0.29, 0.717) is 0 Å². The Labute approximate surface area is 117 Å². The van der Waals surface area contributed by atoms with Gasteiger partial charge in [-0.3, -0.25) is 0 Å². The summed E-state index contributed by atoms with van der Waals surface area (Å²) in [6, 6.07) is 0. The molecule has 110 valence electrons. The minimum absolute atomic E-state index is 0.941. The first-order valence-corrected chi connectivity index (χ1v) is 8.74. The van der Waals surface area contributed by atoms with E-state index in [1.54, 1.807) is 0 Å². The lowest BCUT2D eigenvalue weighted by Gasteiger charge is -2.16. The maximum atomic E-state index is 2.40. The van der Waals surface area contributed by atoms with Crippen molar-refractivity contribution in [3.63, 3.8) is 0 Å². The molecule has 0 N–H and O–H groups in total. The van der Waals surface area contributed by atoms with Crippen molar-refractivity contribution in [3.05, 3.63) is 0 Å². The van der Waals surface area contributed by atoms with Gasteiger partial charge >= 0.3 is 0 Å². The van der Waals surface area contributed by atoms with Gasteiger partial charge in [-0.25, -0.2) is 0 Å². The van der Waals surface area contributed by atoms with Crippen LogP contribution in [0.15, 0.2) is 0 Å². The second-order valence-electron chi connectivity index (χ2n) is 6.28. The second-order valence-corrected chi connectivity index (χ2v) is 6.28. The zero-order chi connectivity index (χ0) is 13.6. The summed E-state index contributed by atoms with van der Waals surface area (Å²) in [6.07, 6.45) is 17.3. The topological polar surface area (TPSA) is 0 Å². The van der Waals surface area contributed by atoms with Gasteiger partial charge in [0, 0.05) is 0 Å². The highest BCUT2D eigenvalue weighted by Crippen LogP contribution is 2.22. The molecule has 0 aromatic heterocycles. The van der Waals surface area contributed by atoms with Gasteiger partial charge in [0.2, 0.25) is 0 Å². The van der Waals surface area contributed by atoms with Crippen molar-refractivity contribution in [2.24, 2.45) is 11.8 Å². The lowest BCUT2D eigenvalue weighted by atomic mass is 9.90. The average molecular weight is 255 g/mol. The normalized spacial score (nSPS) is 14.7. The number of unbranched alkanes of at least 4 members (excludes halogenated alkanes) is 5. The van der Waals surface area contributed by atoms with Crippen LogP contribution in [0.4, 0.5) is 0 Å². The molecule has 0 aliphatic rings. The molecule has 0 fully saturated rings. The fraction of sp³-hybridized carbons (Fsp3) is 1.00. The van der Waals surface area contributed by atoms with Gasteiger partial charge in [0.05, 0.1) is 0 Å². The molecule has 0 radical (unpaired) electrons. The van der Waals surface area contributed by atoms with Crippen molar-refractivity contribution in [2.45, 2.75) is 105 Å². The third-order valence-corrected chi connectivity index (χ3v) is 4.55. The highest BCUT2D eigenvalue weighted by molar-refractivity contribution is 4.60. The number of rotatable bonds is 13. The standard InChI is InChI=1S/C18H38/c1-5-8-9-10-11-12-15-18(7-3)16-13-14-17(4)6-2/h17-18H,5-16H2,1-4H3. The maximum absolute atomic E-state index is 2.40. The van der Waals surface area contributed by atoms with Crippen LogP contribution in [0, 0.1) is 11.8 Å². The predicted octanol–water partition coefficient (Wildman–Crippen LogP) is 6.98. The van der Waals surface area contributed by atoms with E-state index >= 15 is 0 Å². The van der Waals surface area contributed by atoms with E-state index in [0.717, 1.165) is 11.8 Å². The van der Waals surface area contributed by atoms with Gasteiger partial charge in [0.25, 0.3) is 0 Å². The fourth-order valence-electron chi connectivity index (χ4n) is 2.73. The van der Waals surface area contributed by atoms with E-state index in [-0.39, 0.29) is 0 Å². The van der Waals surface area contributed by atoms with Gasteiger partial charge in [0.1, 0.15) is 0 Å². The molecule has 0 saturated carbocycles. The summed E-state index contributed by atoms with van der Waals surface area (Å²) in [4.78, 5) is 0. The molecular formula is C18H38. The quantitative estimate of drug-likeness (QED) is 0.311. The maximum Gasteiger partial charge on any atom is -0.0417 e. The fourth-order valence-corrected chi connectivity index (χ4v) is 2.73. The molecule has 0 spiro atoms. The summed E-state index contributed by atoms with van der Waals surface area (Å²) in [5.74, 6) is 1.96. The van der Waals surface area contributed by atoms with Gasteiger partial charge in [-0.05, 0) is 11.8 Å². The molecule has 18 heavy (non-hydrogen) atoms. The van der Waals surface area contributed by atoms with E-state index in [1.807, 2.05) is 0 Å². The van der Waals surface area contributed by atoms with E-state index < -0.39 is 0 Å². The molecule has 0 saturated heterocycles. The predicted molar refractivity (Wildman–Crippen MR) is 85.1 cm³/mol. The Hall–Kier alpha value is 0. The summed E-state index contributed by atoms with van der Waals surface area (Å²) in [7, 11) is 0. The first kappa shape index (κ1) is 18.0. The van der Waals surface area contributed by atoms with Gasteiger partial charge in [-0.15, -0.1) is 0 Å². The van der Waals surface area contributed by atoms with Crippen LogP contribution in [0.2, 0.25) is 0 Å². The first-order valence-electron chi connectivity index (χ1n) is 8.74. The highest BCUT2D eigenvalue weighted by Gasteiger charge is 2.07. The van der Waals surface area contributed by atoms with Crippen molar-refractivity contribution in [1.82, 2.24) is 0 Å². The van der Waals surface area contributed by atoms with Gasteiger partial charge in [-0.1, -0.05) is 105 Å². The van der Waals surface area contributed by atoms with Crippen molar-refractivity contribution in [1.29, 1.82) is 0 Å². The summed E-state index contributed by atoms with van der Waals surface area (Å²) in [5, 5.41) is 0. The second kappa shape index (κ2) is 13.4. The molecule has 0 rings (SSSR count). The van der Waals surface area contributed by atoms with Crippen LogP contribution in [0.3, 0.4) is 0 Å². The van der Waals surface area contributed by atoms with Crippen molar-refractivity contribution < 1.29 is 0 Å². The Bertz CT molecular complexity index is 150. The Balaban J connectivity index is 3.40. The van der Waals surface area contributed by atoms with E-state index in [9.17, 15) is 0 Å². The van der Waals surface area contributed by atoms with Crippen molar-refractivity contribution in [3.8, 4) is 0 Å². The Morgan fingerprint density at radius 3 is 1.83 bits per heavy atom. The Morgan fingerprint density at radius 2 is 1.22 bits per heavy atom. The molecule has 0 aromatic rings. The van der Waals surface area contributed by atoms with Gasteiger partial charge in [0.15, 0.2) is 0 Å².